The largest absolute Gasteiger partial charge is 0.354 e. The summed E-state index contributed by atoms with van der Waals surface area (Å²) >= 11 is 0. The van der Waals surface area contributed by atoms with E-state index in [4.69, 9.17) is 0 Å². The molecule has 0 aliphatic carbocycles. The summed E-state index contributed by atoms with van der Waals surface area (Å²) in [4.78, 5) is 14.9. The minimum atomic E-state index is -3.42. The van der Waals surface area contributed by atoms with Crippen LogP contribution in [0.2, 0.25) is 0 Å². The fourth-order valence-corrected chi connectivity index (χ4v) is 4.80. The third-order valence-corrected chi connectivity index (χ3v) is 6.75. The van der Waals surface area contributed by atoms with Crippen LogP contribution in [0.4, 0.5) is 17.1 Å². The van der Waals surface area contributed by atoms with E-state index >= 15 is 0 Å². The summed E-state index contributed by atoms with van der Waals surface area (Å²) in [6, 6.07) is 24.5. The molecule has 0 bridgehead atoms. The first-order valence-corrected chi connectivity index (χ1v) is 12.8. The van der Waals surface area contributed by atoms with E-state index in [0.717, 1.165) is 22.5 Å². The number of likely N-dealkylation sites (N-methyl/N-ethyl adjacent to an activating group) is 1. The number of benzene rings is 3. The van der Waals surface area contributed by atoms with E-state index in [1.807, 2.05) is 85.7 Å². The molecule has 0 atom stereocenters. The Morgan fingerprint density at radius 3 is 2.18 bits per heavy atom. The van der Waals surface area contributed by atoms with Crippen LogP contribution in [0, 0.1) is 0 Å². The standard InChI is InChI=1S/C26H28N4O3S/c1-29(2)17-18-30(34(3,32)33)21-15-13-20(14-16-21)27-25(19-9-5-4-6-10-19)24-22-11-7-8-12-23(22)28-26(24)31/h4-16,27H,17-18H2,1-3H3,(H,28,31)/b25-24-. The molecule has 1 aliphatic rings. The van der Waals surface area contributed by atoms with E-state index in [9.17, 15) is 13.2 Å². The second-order valence-electron chi connectivity index (χ2n) is 8.43. The summed E-state index contributed by atoms with van der Waals surface area (Å²) in [6.07, 6.45) is 1.21. The predicted octanol–water partition coefficient (Wildman–Crippen LogP) is 3.95. The van der Waals surface area contributed by atoms with Gasteiger partial charge in [0.2, 0.25) is 10.0 Å². The number of nitrogens with zero attached hydrogens (tertiary/aromatic N) is 2. The Hall–Kier alpha value is -3.62. The van der Waals surface area contributed by atoms with Crippen molar-refractivity contribution in [3.8, 4) is 0 Å². The van der Waals surface area contributed by atoms with Gasteiger partial charge in [-0.1, -0.05) is 48.5 Å². The Morgan fingerprint density at radius 1 is 0.882 bits per heavy atom. The molecule has 1 aliphatic heterocycles. The number of hydrogen-bond acceptors (Lipinski definition) is 5. The Labute approximate surface area is 200 Å². The summed E-state index contributed by atoms with van der Waals surface area (Å²) in [5.41, 5.74) is 5.07. The Kier molecular flexibility index (Phi) is 6.72. The number of nitrogens with one attached hydrogen (secondary N) is 2. The van der Waals surface area contributed by atoms with Crippen LogP contribution >= 0.6 is 0 Å². The first-order valence-electron chi connectivity index (χ1n) is 10.9. The number of carbonyl (C=O) groups excluding carboxylic acids is 1. The van der Waals surface area contributed by atoms with Crippen LogP contribution in [0.25, 0.3) is 11.3 Å². The summed E-state index contributed by atoms with van der Waals surface area (Å²) in [7, 11) is 0.390. The number of amides is 1. The van der Waals surface area contributed by atoms with Gasteiger partial charge in [-0.05, 0) is 50.0 Å². The lowest BCUT2D eigenvalue weighted by molar-refractivity contribution is -0.110. The molecule has 176 valence electrons. The highest BCUT2D eigenvalue weighted by molar-refractivity contribution is 7.92. The molecule has 1 heterocycles. The van der Waals surface area contributed by atoms with Gasteiger partial charge in [0.1, 0.15) is 0 Å². The molecule has 1 amide bonds. The molecular formula is C26H28N4O3S. The predicted molar refractivity (Wildman–Crippen MR) is 139 cm³/mol. The van der Waals surface area contributed by atoms with Crippen molar-refractivity contribution < 1.29 is 13.2 Å². The van der Waals surface area contributed by atoms with Crippen molar-refractivity contribution in [2.75, 3.05) is 48.4 Å². The van der Waals surface area contributed by atoms with Crippen molar-refractivity contribution in [3.05, 3.63) is 90.0 Å². The number of anilines is 3. The summed E-state index contributed by atoms with van der Waals surface area (Å²) in [6.45, 7) is 0.959. The van der Waals surface area contributed by atoms with E-state index in [1.54, 1.807) is 12.1 Å². The highest BCUT2D eigenvalue weighted by Gasteiger charge is 2.28. The second-order valence-corrected chi connectivity index (χ2v) is 10.3. The topological polar surface area (TPSA) is 81.8 Å². The third-order valence-electron chi connectivity index (χ3n) is 5.56. The van der Waals surface area contributed by atoms with Gasteiger partial charge in [0.15, 0.2) is 0 Å². The van der Waals surface area contributed by atoms with Crippen molar-refractivity contribution >= 4 is 44.3 Å². The van der Waals surface area contributed by atoms with Crippen LogP contribution in [0.15, 0.2) is 78.9 Å². The van der Waals surface area contributed by atoms with Crippen LogP contribution in [-0.4, -0.2) is 52.7 Å². The minimum Gasteiger partial charge on any atom is -0.354 e. The van der Waals surface area contributed by atoms with E-state index in [1.165, 1.54) is 10.6 Å². The number of hydrogen-bond donors (Lipinski definition) is 2. The summed E-state index contributed by atoms with van der Waals surface area (Å²) in [5, 5.41) is 6.34. The van der Waals surface area contributed by atoms with Gasteiger partial charge in [-0.15, -0.1) is 0 Å². The maximum atomic E-state index is 12.9. The highest BCUT2D eigenvalue weighted by atomic mass is 32.2. The van der Waals surface area contributed by atoms with Gasteiger partial charge in [0, 0.05) is 30.0 Å². The molecule has 8 heteroatoms. The zero-order valence-electron chi connectivity index (χ0n) is 19.4. The van der Waals surface area contributed by atoms with Gasteiger partial charge >= 0.3 is 0 Å². The number of carbonyl (C=O) groups is 1. The monoisotopic (exact) mass is 476 g/mol. The average Bonchev–Trinajstić information content (AvgIpc) is 3.13. The molecule has 0 saturated heterocycles. The first kappa shape index (κ1) is 23.5. The lowest BCUT2D eigenvalue weighted by Crippen LogP contribution is -2.35. The van der Waals surface area contributed by atoms with Crippen molar-refractivity contribution in [3.63, 3.8) is 0 Å². The van der Waals surface area contributed by atoms with E-state index in [0.29, 0.717) is 30.0 Å². The van der Waals surface area contributed by atoms with Crippen LogP contribution in [0.5, 0.6) is 0 Å². The fraction of sp³-hybridized carbons (Fsp3) is 0.192. The van der Waals surface area contributed by atoms with Crippen molar-refractivity contribution in [1.29, 1.82) is 0 Å². The summed E-state index contributed by atoms with van der Waals surface area (Å²) in [5.74, 6) is -0.170. The Morgan fingerprint density at radius 2 is 1.53 bits per heavy atom. The fourth-order valence-electron chi connectivity index (χ4n) is 3.88. The maximum Gasteiger partial charge on any atom is 0.258 e. The molecule has 0 radical (unpaired) electrons. The SMILES string of the molecule is CN(C)CCN(c1ccc(N/C(=C2\C(=O)Nc3ccccc32)c2ccccc2)cc1)S(C)(=O)=O. The first-order chi connectivity index (χ1) is 16.2. The normalized spacial score (nSPS) is 14.5. The quantitative estimate of drug-likeness (QED) is 0.481. The van der Waals surface area contributed by atoms with Gasteiger partial charge in [0.25, 0.3) is 5.91 Å². The van der Waals surface area contributed by atoms with Crippen molar-refractivity contribution in [1.82, 2.24) is 4.90 Å². The second kappa shape index (κ2) is 9.70. The van der Waals surface area contributed by atoms with Crippen LogP contribution in [-0.2, 0) is 14.8 Å². The summed E-state index contributed by atoms with van der Waals surface area (Å²) < 4.78 is 26.1. The molecule has 0 aromatic heterocycles. The van der Waals surface area contributed by atoms with Gasteiger partial charge in [-0.25, -0.2) is 8.42 Å². The highest BCUT2D eigenvalue weighted by Crippen LogP contribution is 2.37. The molecule has 3 aromatic carbocycles. The van der Waals surface area contributed by atoms with Gasteiger partial charge in [-0.3, -0.25) is 9.10 Å². The molecule has 3 aromatic rings. The van der Waals surface area contributed by atoms with Crippen molar-refractivity contribution in [2.45, 2.75) is 0 Å². The lowest BCUT2D eigenvalue weighted by atomic mass is 10.00. The molecular weight excluding hydrogens is 448 g/mol. The Bertz CT molecular complexity index is 1320. The zero-order chi connectivity index (χ0) is 24.3. The van der Waals surface area contributed by atoms with E-state index in [2.05, 4.69) is 10.6 Å². The maximum absolute atomic E-state index is 12.9. The van der Waals surface area contributed by atoms with E-state index < -0.39 is 10.0 Å². The molecule has 34 heavy (non-hydrogen) atoms. The Balaban J connectivity index is 1.71. The molecule has 7 nitrogen and oxygen atoms in total. The number of rotatable bonds is 8. The average molecular weight is 477 g/mol. The lowest BCUT2D eigenvalue weighted by Gasteiger charge is -2.24. The number of sulfonamides is 1. The van der Waals surface area contributed by atoms with Gasteiger partial charge in [0.05, 0.1) is 23.2 Å². The molecule has 0 unspecified atom stereocenters. The number of fused-ring (bicyclic) bond motifs is 1. The van der Waals surface area contributed by atoms with Gasteiger partial charge < -0.3 is 15.5 Å². The number of para-hydroxylation sites is 1. The van der Waals surface area contributed by atoms with Crippen LogP contribution in [0.1, 0.15) is 11.1 Å². The molecule has 0 spiro atoms. The van der Waals surface area contributed by atoms with Crippen LogP contribution < -0.4 is 14.9 Å². The molecule has 0 fully saturated rings. The third kappa shape index (κ3) is 5.13. The zero-order valence-corrected chi connectivity index (χ0v) is 20.3. The smallest absolute Gasteiger partial charge is 0.258 e. The van der Waals surface area contributed by atoms with Crippen molar-refractivity contribution in [2.24, 2.45) is 0 Å². The molecule has 2 N–H and O–H groups in total. The molecule has 4 rings (SSSR count). The minimum absolute atomic E-state index is 0.170. The van der Waals surface area contributed by atoms with E-state index in [-0.39, 0.29) is 5.91 Å². The van der Waals surface area contributed by atoms with Gasteiger partial charge in [-0.2, -0.15) is 0 Å². The van der Waals surface area contributed by atoms with Crippen LogP contribution in [0.3, 0.4) is 0 Å². The molecule has 0 saturated carbocycles.